The number of nitrogens with zero attached hydrogens (tertiary/aromatic N) is 1. The zero-order valence-electron chi connectivity index (χ0n) is 7.57. The molecular formula is C11H18N2S. The number of hydrogen-bond acceptors (Lipinski definition) is 3. The molecule has 1 aromatic rings. The van der Waals surface area contributed by atoms with Crippen molar-refractivity contribution in [2.45, 2.75) is 30.5 Å². The Labute approximate surface area is 90.5 Å². The molecular weight excluding hydrogens is 192 g/mol. The van der Waals surface area contributed by atoms with Crippen LogP contribution in [0.25, 0.3) is 0 Å². The second-order valence-electron chi connectivity index (χ2n) is 3.24. The lowest BCUT2D eigenvalue weighted by Gasteiger charge is -2.21. The Balaban J connectivity index is 0.000000980. The first-order chi connectivity index (χ1) is 6.45. The van der Waals surface area contributed by atoms with Crippen LogP contribution in [0.3, 0.4) is 0 Å². The first-order valence-corrected chi connectivity index (χ1v) is 5.61. The van der Waals surface area contributed by atoms with Crippen LogP contribution in [-0.4, -0.2) is 23.3 Å². The first kappa shape index (κ1) is 11.5. The monoisotopic (exact) mass is 210 g/mol. The molecule has 1 aromatic heterocycles. The number of rotatable bonds is 2. The molecule has 1 saturated heterocycles. The summed E-state index contributed by atoms with van der Waals surface area (Å²) in [6.07, 6.45) is 4.39. The molecule has 1 aliphatic rings. The van der Waals surface area contributed by atoms with Gasteiger partial charge in [0.2, 0.25) is 0 Å². The minimum absolute atomic E-state index is 0. The summed E-state index contributed by atoms with van der Waals surface area (Å²) in [7, 11) is 0. The number of aromatic nitrogens is 1. The van der Waals surface area contributed by atoms with E-state index in [4.69, 9.17) is 0 Å². The topological polar surface area (TPSA) is 24.9 Å². The molecule has 1 aliphatic heterocycles. The van der Waals surface area contributed by atoms with Crippen molar-refractivity contribution in [3.05, 3.63) is 24.4 Å². The summed E-state index contributed by atoms with van der Waals surface area (Å²) in [5.41, 5.74) is 0. The summed E-state index contributed by atoms with van der Waals surface area (Å²) in [6, 6.07) is 6.11. The molecule has 0 atom stereocenters. The molecule has 2 rings (SSSR count). The molecule has 0 saturated carbocycles. The molecule has 0 amide bonds. The number of nitrogens with one attached hydrogen (secondary N) is 1. The summed E-state index contributed by atoms with van der Waals surface area (Å²) in [6.45, 7) is 2.31. The van der Waals surface area contributed by atoms with E-state index in [0.717, 1.165) is 23.4 Å². The van der Waals surface area contributed by atoms with Crippen molar-refractivity contribution >= 4 is 11.8 Å². The molecule has 0 bridgehead atoms. The highest BCUT2D eigenvalue weighted by Crippen LogP contribution is 2.26. The van der Waals surface area contributed by atoms with Gasteiger partial charge < -0.3 is 5.32 Å². The standard InChI is InChI=1S/C10H14N2S.CH4/c1-2-6-12-10(3-1)13-9-4-7-11-8-5-9;/h1-3,6,9,11H,4-5,7-8H2;1H4. The fourth-order valence-electron chi connectivity index (χ4n) is 1.50. The van der Waals surface area contributed by atoms with Gasteiger partial charge in [-0.15, -0.1) is 11.8 Å². The third-order valence-corrected chi connectivity index (χ3v) is 3.50. The van der Waals surface area contributed by atoms with Crippen LogP contribution in [0.5, 0.6) is 0 Å². The van der Waals surface area contributed by atoms with E-state index in [1.54, 1.807) is 0 Å². The molecule has 14 heavy (non-hydrogen) atoms. The lowest BCUT2D eigenvalue weighted by Crippen LogP contribution is -2.29. The fraction of sp³-hybridized carbons (Fsp3) is 0.545. The van der Waals surface area contributed by atoms with E-state index in [9.17, 15) is 0 Å². The normalized spacial score (nSPS) is 17.4. The fourth-order valence-corrected chi connectivity index (χ4v) is 2.59. The Kier molecular flexibility index (Phi) is 4.98. The average molecular weight is 210 g/mol. The molecule has 0 radical (unpaired) electrons. The number of pyridine rings is 1. The highest BCUT2D eigenvalue weighted by Gasteiger charge is 2.14. The van der Waals surface area contributed by atoms with Gasteiger partial charge in [-0.25, -0.2) is 4.98 Å². The van der Waals surface area contributed by atoms with Crippen molar-refractivity contribution in [1.29, 1.82) is 0 Å². The maximum absolute atomic E-state index is 4.32. The summed E-state index contributed by atoms with van der Waals surface area (Å²) in [5.74, 6) is 0. The van der Waals surface area contributed by atoms with Gasteiger partial charge in [-0.1, -0.05) is 13.5 Å². The van der Waals surface area contributed by atoms with Crippen LogP contribution in [0.2, 0.25) is 0 Å². The molecule has 78 valence electrons. The summed E-state index contributed by atoms with van der Waals surface area (Å²) < 4.78 is 0. The zero-order valence-corrected chi connectivity index (χ0v) is 8.39. The molecule has 1 fully saturated rings. The van der Waals surface area contributed by atoms with Crippen LogP contribution in [0.4, 0.5) is 0 Å². The van der Waals surface area contributed by atoms with Gasteiger partial charge in [0.1, 0.15) is 0 Å². The van der Waals surface area contributed by atoms with Gasteiger partial charge in [-0.2, -0.15) is 0 Å². The Morgan fingerprint density at radius 2 is 2.07 bits per heavy atom. The Bertz CT molecular complexity index is 245. The zero-order chi connectivity index (χ0) is 8.93. The minimum atomic E-state index is 0. The lowest BCUT2D eigenvalue weighted by molar-refractivity contribution is 0.531. The summed E-state index contributed by atoms with van der Waals surface area (Å²) in [5, 5.41) is 5.29. The first-order valence-electron chi connectivity index (χ1n) is 4.73. The van der Waals surface area contributed by atoms with E-state index in [2.05, 4.69) is 22.4 Å². The molecule has 1 N–H and O–H groups in total. The maximum Gasteiger partial charge on any atom is 0.0962 e. The average Bonchev–Trinajstić information content (AvgIpc) is 2.21. The molecule has 3 heteroatoms. The van der Waals surface area contributed by atoms with Gasteiger partial charge in [0.05, 0.1) is 5.03 Å². The van der Waals surface area contributed by atoms with Crippen LogP contribution in [-0.2, 0) is 0 Å². The van der Waals surface area contributed by atoms with Crippen LogP contribution in [0.15, 0.2) is 29.4 Å². The molecule has 2 nitrogen and oxygen atoms in total. The van der Waals surface area contributed by atoms with Crippen molar-refractivity contribution in [3.8, 4) is 0 Å². The van der Waals surface area contributed by atoms with Crippen molar-refractivity contribution < 1.29 is 0 Å². The van der Waals surface area contributed by atoms with Gasteiger partial charge in [-0.3, -0.25) is 0 Å². The maximum atomic E-state index is 4.32. The van der Waals surface area contributed by atoms with E-state index in [1.807, 2.05) is 24.0 Å². The second kappa shape index (κ2) is 6.04. The predicted octanol–water partition coefficient (Wildman–Crippen LogP) is 2.56. The number of thioether (sulfide) groups is 1. The SMILES string of the molecule is C.c1ccc(SC2CCNCC2)nc1. The third-order valence-electron chi connectivity index (χ3n) is 2.21. The number of hydrogen-bond donors (Lipinski definition) is 1. The second-order valence-corrected chi connectivity index (χ2v) is 4.56. The Morgan fingerprint density at radius 3 is 2.71 bits per heavy atom. The lowest BCUT2D eigenvalue weighted by atomic mass is 10.2. The highest BCUT2D eigenvalue weighted by molar-refractivity contribution is 7.99. The minimum Gasteiger partial charge on any atom is -0.317 e. The summed E-state index contributed by atoms with van der Waals surface area (Å²) >= 11 is 1.91. The van der Waals surface area contributed by atoms with Crippen molar-refractivity contribution in [2.75, 3.05) is 13.1 Å². The Morgan fingerprint density at radius 1 is 1.29 bits per heavy atom. The van der Waals surface area contributed by atoms with E-state index >= 15 is 0 Å². The van der Waals surface area contributed by atoms with Crippen LogP contribution in [0.1, 0.15) is 20.3 Å². The smallest absolute Gasteiger partial charge is 0.0962 e. The largest absolute Gasteiger partial charge is 0.317 e. The molecule has 0 spiro atoms. The predicted molar refractivity (Wildman–Crippen MR) is 62.7 cm³/mol. The van der Waals surface area contributed by atoms with Crippen molar-refractivity contribution in [2.24, 2.45) is 0 Å². The van der Waals surface area contributed by atoms with E-state index in [-0.39, 0.29) is 7.43 Å². The van der Waals surface area contributed by atoms with Gasteiger partial charge >= 0.3 is 0 Å². The van der Waals surface area contributed by atoms with E-state index in [0.29, 0.717) is 0 Å². The molecule has 0 aromatic carbocycles. The van der Waals surface area contributed by atoms with Gasteiger partial charge in [0.15, 0.2) is 0 Å². The number of piperidine rings is 1. The van der Waals surface area contributed by atoms with Crippen molar-refractivity contribution in [3.63, 3.8) is 0 Å². The third kappa shape index (κ3) is 3.31. The van der Waals surface area contributed by atoms with E-state index < -0.39 is 0 Å². The van der Waals surface area contributed by atoms with E-state index in [1.165, 1.54) is 12.8 Å². The van der Waals surface area contributed by atoms with Gasteiger partial charge in [-0.05, 0) is 38.1 Å². The molecule has 0 unspecified atom stereocenters. The van der Waals surface area contributed by atoms with Crippen molar-refractivity contribution in [1.82, 2.24) is 10.3 Å². The summed E-state index contributed by atoms with van der Waals surface area (Å²) in [4.78, 5) is 4.32. The molecule has 0 aliphatic carbocycles. The highest BCUT2D eigenvalue weighted by atomic mass is 32.2. The Hall–Kier alpha value is -0.540. The van der Waals surface area contributed by atoms with Crippen LogP contribution in [0, 0.1) is 0 Å². The van der Waals surface area contributed by atoms with Crippen LogP contribution >= 0.6 is 11.8 Å². The quantitative estimate of drug-likeness (QED) is 0.812. The van der Waals surface area contributed by atoms with Gasteiger partial charge in [0.25, 0.3) is 0 Å². The van der Waals surface area contributed by atoms with Gasteiger partial charge in [0, 0.05) is 11.4 Å². The van der Waals surface area contributed by atoms with Crippen LogP contribution < -0.4 is 5.32 Å². The molecule has 2 heterocycles.